The fourth-order valence-electron chi connectivity index (χ4n) is 3.83. The van der Waals surface area contributed by atoms with Crippen molar-refractivity contribution in [3.63, 3.8) is 0 Å². The molecule has 2 aromatic carbocycles. The van der Waals surface area contributed by atoms with Crippen LogP contribution in [0.25, 0.3) is 11.1 Å². The second kappa shape index (κ2) is 7.87. The number of nitrogens with zero attached hydrogens (tertiary/aromatic N) is 1. The number of benzene rings is 2. The van der Waals surface area contributed by atoms with Crippen molar-refractivity contribution in [1.82, 2.24) is 10.3 Å². The molecule has 0 radical (unpaired) electrons. The molecule has 1 unspecified atom stereocenters. The number of nitrogens with two attached hydrogens (primary N) is 1. The van der Waals surface area contributed by atoms with Crippen LogP contribution < -0.4 is 20.5 Å². The first-order valence-corrected chi connectivity index (χ1v) is 9.70. The third kappa shape index (κ3) is 3.63. The summed E-state index contributed by atoms with van der Waals surface area (Å²) in [6.07, 6.45) is 5.66. The van der Waals surface area contributed by atoms with Gasteiger partial charge in [0, 0.05) is 18.3 Å². The second-order valence-corrected chi connectivity index (χ2v) is 7.08. The molecule has 3 N–H and O–H groups in total. The SMILES string of the molecule is CCOc1ccc(C2(c3cccc(-c4cncc(OC)c4)c3)C=C(N)NC2)cc1. The molecule has 0 spiro atoms. The fourth-order valence-corrected chi connectivity index (χ4v) is 3.83. The molecular weight excluding hydrogens is 362 g/mol. The number of nitrogens with one attached hydrogen (secondary N) is 1. The Morgan fingerprint density at radius 2 is 1.83 bits per heavy atom. The average molecular weight is 387 g/mol. The van der Waals surface area contributed by atoms with Crippen molar-refractivity contribution in [2.45, 2.75) is 12.3 Å². The van der Waals surface area contributed by atoms with Crippen LogP contribution in [0.2, 0.25) is 0 Å². The summed E-state index contributed by atoms with van der Waals surface area (Å²) in [6.45, 7) is 3.33. The minimum absolute atomic E-state index is 0.350. The molecule has 1 atom stereocenters. The maximum Gasteiger partial charge on any atom is 0.137 e. The maximum atomic E-state index is 6.15. The molecule has 0 fully saturated rings. The van der Waals surface area contributed by atoms with E-state index < -0.39 is 0 Å². The third-order valence-corrected chi connectivity index (χ3v) is 5.31. The van der Waals surface area contributed by atoms with Gasteiger partial charge in [0.15, 0.2) is 0 Å². The fraction of sp³-hybridized carbons (Fsp3) is 0.208. The monoisotopic (exact) mass is 387 g/mol. The Hall–Kier alpha value is -3.47. The molecule has 2 heterocycles. The van der Waals surface area contributed by atoms with Gasteiger partial charge in [-0.05, 0) is 54.0 Å². The zero-order valence-corrected chi connectivity index (χ0v) is 16.7. The van der Waals surface area contributed by atoms with Crippen LogP contribution in [0.1, 0.15) is 18.1 Å². The summed E-state index contributed by atoms with van der Waals surface area (Å²) in [7, 11) is 1.65. The quantitative estimate of drug-likeness (QED) is 0.672. The van der Waals surface area contributed by atoms with Crippen molar-refractivity contribution in [2.24, 2.45) is 5.73 Å². The number of hydrogen-bond donors (Lipinski definition) is 2. The van der Waals surface area contributed by atoms with Gasteiger partial charge in [0.05, 0.1) is 31.1 Å². The molecule has 0 bridgehead atoms. The first kappa shape index (κ1) is 18.9. The molecule has 4 rings (SSSR count). The smallest absolute Gasteiger partial charge is 0.137 e. The zero-order valence-electron chi connectivity index (χ0n) is 16.7. The van der Waals surface area contributed by atoms with Gasteiger partial charge in [-0.25, -0.2) is 0 Å². The first-order valence-electron chi connectivity index (χ1n) is 9.70. The van der Waals surface area contributed by atoms with E-state index in [-0.39, 0.29) is 5.41 Å². The molecule has 5 nitrogen and oxygen atoms in total. The second-order valence-electron chi connectivity index (χ2n) is 7.08. The summed E-state index contributed by atoms with van der Waals surface area (Å²) >= 11 is 0. The number of ether oxygens (including phenoxy) is 2. The number of methoxy groups -OCH3 is 1. The lowest BCUT2D eigenvalue weighted by molar-refractivity contribution is 0.340. The lowest BCUT2D eigenvalue weighted by Gasteiger charge is -2.28. The van der Waals surface area contributed by atoms with Gasteiger partial charge >= 0.3 is 0 Å². The molecule has 0 saturated heterocycles. The topological polar surface area (TPSA) is 69.4 Å². The lowest BCUT2D eigenvalue weighted by Crippen LogP contribution is -2.31. The predicted octanol–water partition coefficient (Wildman–Crippen LogP) is 3.85. The van der Waals surface area contributed by atoms with Crippen molar-refractivity contribution in [3.05, 3.63) is 90.0 Å². The summed E-state index contributed by atoms with van der Waals surface area (Å²) in [4.78, 5) is 4.29. The Balaban J connectivity index is 1.78. The van der Waals surface area contributed by atoms with Crippen LogP contribution in [0.15, 0.2) is 78.9 Å². The highest BCUT2D eigenvalue weighted by molar-refractivity contribution is 5.66. The first-order chi connectivity index (χ1) is 14.1. The summed E-state index contributed by atoms with van der Waals surface area (Å²) in [5.41, 5.74) is 10.2. The van der Waals surface area contributed by atoms with Crippen molar-refractivity contribution in [1.29, 1.82) is 0 Å². The molecular formula is C24H25N3O2. The predicted molar refractivity (Wildman–Crippen MR) is 115 cm³/mol. The molecule has 148 valence electrons. The summed E-state index contributed by atoms with van der Waals surface area (Å²) in [5, 5.41) is 3.30. The maximum absolute atomic E-state index is 6.15. The van der Waals surface area contributed by atoms with E-state index in [4.69, 9.17) is 15.2 Å². The average Bonchev–Trinajstić information content (AvgIpc) is 3.17. The van der Waals surface area contributed by atoms with Crippen LogP contribution >= 0.6 is 0 Å². The van der Waals surface area contributed by atoms with E-state index in [1.165, 1.54) is 0 Å². The third-order valence-electron chi connectivity index (χ3n) is 5.31. The van der Waals surface area contributed by atoms with E-state index >= 15 is 0 Å². The molecule has 3 aromatic rings. The molecule has 1 aliphatic heterocycles. The van der Waals surface area contributed by atoms with Crippen molar-refractivity contribution in [3.8, 4) is 22.6 Å². The van der Waals surface area contributed by atoms with Crippen LogP contribution in [-0.4, -0.2) is 25.2 Å². The van der Waals surface area contributed by atoms with Gasteiger partial charge in [-0.2, -0.15) is 0 Å². The number of aromatic nitrogens is 1. The Morgan fingerprint density at radius 3 is 2.52 bits per heavy atom. The summed E-state index contributed by atoms with van der Waals surface area (Å²) < 4.78 is 10.9. The van der Waals surface area contributed by atoms with Gasteiger partial charge in [0.2, 0.25) is 0 Å². The van der Waals surface area contributed by atoms with Crippen molar-refractivity contribution in [2.75, 3.05) is 20.3 Å². The zero-order chi connectivity index (χ0) is 20.3. The van der Waals surface area contributed by atoms with Crippen LogP contribution in [0.5, 0.6) is 11.5 Å². The Bertz CT molecular complexity index is 1030. The minimum atomic E-state index is -0.350. The van der Waals surface area contributed by atoms with Crippen molar-refractivity contribution >= 4 is 0 Å². The van der Waals surface area contributed by atoms with E-state index in [2.05, 4.69) is 52.8 Å². The molecule has 1 aromatic heterocycles. The van der Waals surface area contributed by atoms with Gasteiger partial charge in [0.25, 0.3) is 0 Å². The van der Waals surface area contributed by atoms with Gasteiger partial charge in [-0.3, -0.25) is 4.98 Å². The van der Waals surface area contributed by atoms with Crippen molar-refractivity contribution < 1.29 is 9.47 Å². The van der Waals surface area contributed by atoms with Crippen LogP contribution in [0, 0.1) is 0 Å². The standard InChI is InChI=1S/C24H25N3O2/c1-3-29-21-9-7-19(8-10-21)24(13-23(25)27-16-24)20-6-4-5-17(11-20)18-12-22(28-2)15-26-14-18/h4-15,27H,3,16,25H2,1-2H3. The van der Waals surface area contributed by atoms with Gasteiger partial charge in [-0.15, -0.1) is 0 Å². The highest BCUT2D eigenvalue weighted by Gasteiger charge is 2.36. The number of pyridine rings is 1. The van der Waals surface area contributed by atoms with Crippen LogP contribution in [-0.2, 0) is 5.41 Å². The van der Waals surface area contributed by atoms with E-state index in [1.54, 1.807) is 13.3 Å². The minimum Gasteiger partial charge on any atom is -0.495 e. The molecule has 1 aliphatic rings. The van der Waals surface area contributed by atoms with E-state index in [1.807, 2.05) is 31.3 Å². The molecule has 0 amide bonds. The normalized spacial score (nSPS) is 18.1. The van der Waals surface area contributed by atoms with Crippen LogP contribution in [0.4, 0.5) is 0 Å². The number of rotatable bonds is 6. The lowest BCUT2D eigenvalue weighted by atomic mass is 9.75. The molecule has 29 heavy (non-hydrogen) atoms. The molecule has 5 heteroatoms. The number of hydrogen-bond acceptors (Lipinski definition) is 5. The highest BCUT2D eigenvalue weighted by Crippen LogP contribution is 2.39. The highest BCUT2D eigenvalue weighted by atomic mass is 16.5. The molecule has 0 aliphatic carbocycles. The van der Waals surface area contributed by atoms with Crippen LogP contribution in [0.3, 0.4) is 0 Å². The van der Waals surface area contributed by atoms with Gasteiger partial charge in [0.1, 0.15) is 11.5 Å². The van der Waals surface area contributed by atoms with E-state index in [9.17, 15) is 0 Å². The summed E-state index contributed by atoms with van der Waals surface area (Å²) in [5.74, 6) is 2.29. The van der Waals surface area contributed by atoms with E-state index in [0.29, 0.717) is 19.0 Å². The Kier molecular flexibility index (Phi) is 5.12. The largest absolute Gasteiger partial charge is 0.495 e. The Morgan fingerprint density at radius 1 is 1.00 bits per heavy atom. The van der Waals surface area contributed by atoms with Gasteiger partial charge in [-0.1, -0.05) is 30.3 Å². The molecule has 0 saturated carbocycles. The van der Waals surface area contributed by atoms with E-state index in [0.717, 1.165) is 33.8 Å². The van der Waals surface area contributed by atoms with Gasteiger partial charge < -0.3 is 20.5 Å². The summed E-state index contributed by atoms with van der Waals surface area (Å²) in [6, 6.07) is 18.7. The Labute approximate surface area is 171 Å².